The first-order valence-corrected chi connectivity index (χ1v) is 47.6. The number of hydrogen-bond donors (Lipinski definition) is 8. The molecule has 4 aliphatic heterocycles. The second kappa shape index (κ2) is 39.5. The van der Waals surface area contributed by atoms with Crippen LogP contribution in [0.3, 0.4) is 0 Å². The van der Waals surface area contributed by atoms with Crippen LogP contribution in [0.5, 0.6) is 0 Å². The van der Waals surface area contributed by atoms with E-state index in [1.54, 1.807) is 45.0 Å². The van der Waals surface area contributed by atoms with Crippen LogP contribution in [0.15, 0.2) is 108 Å². The summed E-state index contributed by atoms with van der Waals surface area (Å²) in [5.74, 6) is -3.07. The summed E-state index contributed by atoms with van der Waals surface area (Å²) in [5.41, 5.74) is -1.18. The van der Waals surface area contributed by atoms with E-state index in [1.165, 1.54) is 25.0 Å². The number of carbonyl (C=O) groups excluding carboxylic acids is 6. The molecule has 8 aliphatic carbocycles. The van der Waals surface area contributed by atoms with Crippen LogP contribution in [0.4, 0.5) is 0 Å². The smallest absolute Gasteiger partial charge is 0.338 e. The Morgan fingerprint density at radius 1 is 0.442 bits per heavy atom. The largest absolute Gasteiger partial charge is 0.458 e. The van der Waals surface area contributed by atoms with Gasteiger partial charge in [0.15, 0.2) is 37.4 Å². The number of ether oxygens (including phenoxy) is 14. The molecule has 3 aromatic carbocycles. The number of aliphatic hydroxyl groups is 8. The molecule has 0 amide bonds. The van der Waals surface area contributed by atoms with E-state index < -0.39 is 187 Å². The minimum Gasteiger partial charge on any atom is -0.458 e. The van der Waals surface area contributed by atoms with Crippen LogP contribution in [-0.4, -0.2) is 237 Å². The van der Waals surface area contributed by atoms with Crippen molar-refractivity contribution in [2.45, 2.75) is 358 Å². The molecule has 0 bridgehead atoms. The zero-order chi connectivity index (χ0) is 92.3. The molecule has 0 radical (unpaired) electrons. The lowest BCUT2D eigenvalue weighted by Crippen LogP contribution is -2.64. The monoisotopic (exact) mass is 1800 g/mol. The van der Waals surface area contributed by atoms with Crippen LogP contribution < -0.4 is 0 Å². The van der Waals surface area contributed by atoms with Crippen molar-refractivity contribution in [2.24, 2.45) is 74.9 Å². The first-order chi connectivity index (χ1) is 61.3. The Labute approximate surface area is 757 Å². The molecule has 712 valence electrons. The third-order valence-electron chi connectivity index (χ3n) is 33.0. The summed E-state index contributed by atoms with van der Waals surface area (Å²) in [6, 6.07) is 25.0. The van der Waals surface area contributed by atoms with E-state index >= 15 is 0 Å². The van der Waals surface area contributed by atoms with Crippen molar-refractivity contribution in [3.05, 3.63) is 130 Å². The Balaban J connectivity index is 0.586. The van der Waals surface area contributed by atoms with Gasteiger partial charge in [-0.15, -0.1) is 0 Å². The van der Waals surface area contributed by atoms with E-state index in [2.05, 4.69) is 53.7 Å². The molecule has 15 rings (SSSR count). The van der Waals surface area contributed by atoms with Gasteiger partial charge in [-0.05, 0) is 197 Å². The average Bonchev–Trinajstić information content (AvgIpc) is 1.58. The predicted molar refractivity (Wildman–Crippen MR) is 466 cm³/mol. The molecule has 28 nitrogen and oxygen atoms in total. The van der Waals surface area contributed by atoms with Gasteiger partial charge in [-0.25, -0.2) is 9.59 Å². The molecule has 3 aromatic rings. The van der Waals surface area contributed by atoms with Gasteiger partial charge in [0, 0.05) is 62.7 Å². The predicted octanol–water partition coefficient (Wildman–Crippen LogP) is 11.7. The Morgan fingerprint density at radius 3 is 1.27 bits per heavy atom. The number of allylic oxidation sites excluding steroid dienone is 2. The Morgan fingerprint density at radius 2 is 0.837 bits per heavy atom. The maximum absolute atomic E-state index is 14.6. The van der Waals surface area contributed by atoms with Crippen LogP contribution in [0, 0.1) is 74.9 Å². The molecule has 0 aromatic heterocycles. The second-order valence-electron chi connectivity index (χ2n) is 41.5. The van der Waals surface area contributed by atoms with Gasteiger partial charge in [0.2, 0.25) is 0 Å². The van der Waals surface area contributed by atoms with Crippen molar-refractivity contribution >= 4 is 35.4 Å². The van der Waals surface area contributed by atoms with Gasteiger partial charge in [0.25, 0.3) is 0 Å². The van der Waals surface area contributed by atoms with Crippen LogP contribution in [0.2, 0.25) is 0 Å². The van der Waals surface area contributed by atoms with Crippen LogP contribution in [0.1, 0.15) is 256 Å². The highest BCUT2D eigenvalue weighted by Gasteiger charge is 2.73. The summed E-state index contributed by atoms with van der Waals surface area (Å²) in [6.07, 6.45) is -11.9. The van der Waals surface area contributed by atoms with Crippen molar-refractivity contribution in [1.82, 2.24) is 0 Å². The van der Waals surface area contributed by atoms with E-state index in [0.717, 1.165) is 36.8 Å². The normalized spacial score (nSPS) is 41.4. The number of benzene rings is 3. The summed E-state index contributed by atoms with van der Waals surface area (Å²) in [5, 5.41) is 95.5. The number of fused-ring (bicyclic) bond motifs is 10. The highest BCUT2D eigenvalue weighted by molar-refractivity contribution is 5.93. The zero-order valence-corrected chi connectivity index (χ0v) is 77.1. The summed E-state index contributed by atoms with van der Waals surface area (Å²) in [7, 11) is 0. The molecule has 35 atom stereocenters. The molecular weight excluding hydrogens is 1660 g/mol. The van der Waals surface area contributed by atoms with E-state index in [0.29, 0.717) is 88.2 Å². The Hall–Kier alpha value is -6.36. The molecular formula is C101H140O28. The number of hydrogen-bond acceptors (Lipinski definition) is 28. The molecule has 12 aliphatic rings. The molecule has 6 saturated carbocycles. The first kappa shape index (κ1) is 97.2. The fourth-order valence-electron chi connectivity index (χ4n) is 25.4. The van der Waals surface area contributed by atoms with Gasteiger partial charge < -0.3 is 107 Å². The number of ketones is 2. The standard InChI is InChI=1S/C101H140O28/c1-53(2)24-32-66(104)48-100(114)80(126-94-88(122-58(8)102)84(78(108)51-118-94)128-92-86(82(110)76(106)49-116-92)120-56(6)60-20-16-14-17-21-60)46-73-69-33-30-64-44-67(36-40-96(64,10)71(69)38-42-98(73,100)12)124-90(112)62-26-28-63(29-27-62)91(113)125-68-37-41-97(11)65(45-68)31-34-70-72(97)39-43-99(13)74(70)47-81(101(99,115)55(5)75(105)35-25-54(3)4)127-95-89(123-59(9)103)85(79(109)52-119-95)129-93-87(83(111)77(107)50-117-93)121-57(7)61-22-18-15-19-23-61/h14-23,26-31,53-57,67-74,76-89,92-95,106-111,114-115H,24-25,32-52H2,1-13H3/t55-,56?,57?,67?,68?,69?,70?,71?,72?,73?,74?,76?,77?,78?,79?,80+,81+,82?,83?,84?,85?,86?,87?,88?,89?,92?,93?,94?,95?,96+,97+,98+,99+,100-,101-/m1/s1. The molecule has 26 unspecified atom stereocenters. The maximum atomic E-state index is 14.6. The molecule has 10 fully saturated rings. The highest BCUT2D eigenvalue weighted by atomic mass is 16.8. The van der Waals surface area contributed by atoms with Gasteiger partial charge in [-0.3, -0.25) is 19.2 Å². The van der Waals surface area contributed by atoms with Crippen molar-refractivity contribution < 1.29 is 136 Å². The third-order valence-corrected chi connectivity index (χ3v) is 33.0. The zero-order valence-electron chi connectivity index (χ0n) is 77.1. The molecule has 4 saturated heterocycles. The quantitative estimate of drug-likeness (QED) is 0.0175. The van der Waals surface area contributed by atoms with Gasteiger partial charge >= 0.3 is 23.9 Å². The highest BCUT2D eigenvalue weighted by Crippen LogP contribution is 2.71. The lowest BCUT2D eigenvalue weighted by molar-refractivity contribution is -0.351. The molecule has 129 heavy (non-hydrogen) atoms. The van der Waals surface area contributed by atoms with Crippen LogP contribution in [0.25, 0.3) is 0 Å². The van der Waals surface area contributed by atoms with E-state index in [9.17, 15) is 69.6 Å². The number of carbonyl (C=O) groups is 6. The minimum atomic E-state index is -1.76. The van der Waals surface area contributed by atoms with Crippen molar-refractivity contribution in [3.63, 3.8) is 0 Å². The van der Waals surface area contributed by atoms with Gasteiger partial charge in [-0.1, -0.05) is 146 Å². The second-order valence-corrected chi connectivity index (χ2v) is 41.5. The fraction of sp³-hybridized carbons (Fsp3) is 0.723. The number of aliphatic hydroxyl groups excluding tert-OH is 6. The number of rotatable bonds is 30. The Bertz CT molecular complexity index is 4470. The summed E-state index contributed by atoms with van der Waals surface area (Å²) >= 11 is 0. The van der Waals surface area contributed by atoms with Crippen molar-refractivity contribution in [2.75, 3.05) is 26.4 Å². The fourth-order valence-corrected chi connectivity index (χ4v) is 25.4. The molecule has 4 heterocycles. The van der Waals surface area contributed by atoms with Crippen LogP contribution in [-0.2, 0) is 85.5 Å². The van der Waals surface area contributed by atoms with Crippen molar-refractivity contribution in [1.29, 1.82) is 0 Å². The van der Waals surface area contributed by atoms with E-state index in [4.69, 9.17) is 66.3 Å². The van der Waals surface area contributed by atoms with E-state index in [-0.39, 0.29) is 115 Å². The molecule has 8 N–H and O–H groups in total. The lowest BCUT2D eigenvalue weighted by Gasteiger charge is -2.59. The van der Waals surface area contributed by atoms with Crippen molar-refractivity contribution in [3.8, 4) is 0 Å². The maximum Gasteiger partial charge on any atom is 0.338 e. The third kappa shape index (κ3) is 19.3. The van der Waals surface area contributed by atoms with Gasteiger partial charge in [0.1, 0.15) is 96.0 Å². The summed E-state index contributed by atoms with van der Waals surface area (Å²) in [6.45, 7) is 23.4. The SMILES string of the molecule is CC(=O)OC1C(O[C@H]2CC3C4CC=C5CC(OC(=O)c6ccc(C(=O)OC7CC[C@@]8(C)C(=CCC9C8CC[C@@]8(C)C9C[C@H](OC9OCC(O)C(OC%10OCC(O)C(O)C%10OC(C)c%10ccccc%10)C9OC(C)=O)[C@]8(O)CC(=O)CCC(C)C)C7)cc6)CC[C@]5(C)C4CC[C@]3(C)[C@@]2(O)[C@H](C)C(=O)CCC(C)C)OCC(O)C1OC1OCC(O)C(O)C1OC(C)c1ccccc1. The summed E-state index contributed by atoms with van der Waals surface area (Å²) in [4.78, 5) is 83.7. The van der Waals surface area contributed by atoms with Gasteiger partial charge in [-0.2, -0.15) is 0 Å². The topological polar surface area (TPSA) is 393 Å². The summed E-state index contributed by atoms with van der Waals surface area (Å²) < 4.78 is 89.0. The number of Topliss-reactive ketones (excluding diaryl/α,β-unsaturated/α-hetero) is 2. The first-order valence-electron chi connectivity index (χ1n) is 47.6. The molecule has 0 spiro atoms. The Kier molecular flexibility index (Phi) is 29.8. The van der Waals surface area contributed by atoms with E-state index in [1.807, 2.05) is 74.5 Å². The average molecular weight is 1800 g/mol. The van der Waals surface area contributed by atoms with Crippen LogP contribution >= 0.6 is 0 Å². The number of esters is 4. The molecule has 28 heteroatoms. The minimum absolute atomic E-state index is 0.0398. The lowest BCUT2D eigenvalue weighted by atomic mass is 9.46. The van der Waals surface area contributed by atoms with Gasteiger partial charge in [0.05, 0.1) is 62.0 Å².